The zero-order chi connectivity index (χ0) is 17.9. The maximum absolute atomic E-state index is 12.2. The van der Waals surface area contributed by atoms with Crippen molar-refractivity contribution in [3.05, 3.63) is 73.8 Å². The van der Waals surface area contributed by atoms with Crippen molar-refractivity contribution in [1.82, 2.24) is 0 Å². The van der Waals surface area contributed by atoms with Crippen LogP contribution >= 0.6 is 11.6 Å². The Morgan fingerprint density at radius 2 is 1.83 bits per heavy atom. The summed E-state index contributed by atoms with van der Waals surface area (Å²) in [6.07, 6.45) is 0. The second-order valence-corrected chi connectivity index (χ2v) is 5.65. The Balaban J connectivity index is 2.12. The lowest BCUT2D eigenvalue weighted by atomic mass is 10.0. The summed E-state index contributed by atoms with van der Waals surface area (Å²) < 4.78 is 4.95. The first kappa shape index (κ1) is 17.6. The van der Waals surface area contributed by atoms with Gasteiger partial charge in [-0.25, -0.2) is 4.79 Å². The first-order valence-electron chi connectivity index (χ1n) is 7.01. The maximum Gasteiger partial charge on any atom is 0.340 e. The molecule has 0 N–H and O–H groups in total. The number of carbonyl (C=O) groups excluding carboxylic acids is 2. The lowest BCUT2D eigenvalue weighted by Crippen LogP contribution is -2.15. The Bertz CT molecular complexity index is 832. The van der Waals surface area contributed by atoms with Crippen LogP contribution in [0, 0.1) is 24.0 Å². The Hall–Kier alpha value is -2.73. The SMILES string of the molecule is Cc1ccc(C(=O)COC(=O)c2cc([N+](=O)[O-])ccc2Cl)c(C)c1. The Kier molecular flexibility index (Phi) is 5.31. The van der Waals surface area contributed by atoms with Crippen molar-refractivity contribution in [2.45, 2.75) is 13.8 Å². The number of hydrogen-bond acceptors (Lipinski definition) is 5. The lowest BCUT2D eigenvalue weighted by molar-refractivity contribution is -0.384. The molecule has 2 aromatic rings. The molecule has 2 aromatic carbocycles. The third kappa shape index (κ3) is 3.97. The van der Waals surface area contributed by atoms with Gasteiger partial charge < -0.3 is 4.74 Å². The van der Waals surface area contributed by atoms with E-state index in [1.165, 1.54) is 12.1 Å². The number of nitro benzene ring substituents is 1. The summed E-state index contributed by atoms with van der Waals surface area (Å²) in [5.74, 6) is -1.25. The van der Waals surface area contributed by atoms with Crippen LogP contribution in [0.15, 0.2) is 36.4 Å². The number of aryl methyl sites for hydroxylation is 2. The van der Waals surface area contributed by atoms with Crippen LogP contribution in [0.4, 0.5) is 5.69 Å². The largest absolute Gasteiger partial charge is 0.454 e. The zero-order valence-corrected chi connectivity index (χ0v) is 13.8. The van der Waals surface area contributed by atoms with Crippen molar-refractivity contribution < 1.29 is 19.2 Å². The summed E-state index contributed by atoms with van der Waals surface area (Å²) in [5, 5.41) is 10.8. The zero-order valence-electron chi connectivity index (χ0n) is 13.0. The quantitative estimate of drug-likeness (QED) is 0.354. The molecule has 0 bridgehead atoms. The van der Waals surface area contributed by atoms with Gasteiger partial charge in [0.2, 0.25) is 5.78 Å². The van der Waals surface area contributed by atoms with Crippen LogP contribution < -0.4 is 0 Å². The number of rotatable bonds is 5. The number of carbonyl (C=O) groups is 2. The molecule has 0 heterocycles. The van der Waals surface area contributed by atoms with Crippen LogP contribution in [0.2, 0.25) is 5.02 Å². The van der Waals surface area contributed by atoms with Crippen molar-refractivity contribution in [3.63, 3.8) is 0 Å². The number of ketones is 1. The molecule has 0 aromatic heterocycles. The normalized spacial score (nSPS) is 10.3. The van der Waals surface area contributed by atoms with Crippen molar-refractivity contribution in [3.8, 4) is 0 Å². The highest BCUT2D eigenvalue weighted by Crippen LogP contribution is 2.23. The fraction of sp³-hybridized carbons (Fsp3) is 0.176. The van der Waals surface area contributed by atoms with Crippen LogP contribution in [-0.4, -0.2) is 23.3 Å². The molecule has 0 amide bonds. The van der Waals surface area contributed by atoms with Crippen LogP contribution in [0.5, 0.6) is 0 Å². The van der Waals surface area contributed by atoms with E-state index in [1.54, 1.807) is 19.1 Å². The monoisotopic (exact) mass is 347 g/mol. The van der Waals surface area contributed by atoms with Gasteiger partial charge in [0.15, 0.2) is 6.61 Å². The number of Topliss-reactive ketones (excluding diaryl/α,β-unsaturated/α-hetero) is 1. The van der Waals surface area contributed by atoms with E-state index in [0.29, 0.717) is 5.56 Å². The molecule has 0 radical (unpaired) electrons. The van der Waals surface area contributed by atoms with Gasteiger partial charge in [0.05, 0.1) is 15.5 Å². The second-order valence-electron chi connectivity index (χ2n) is 5.24. The third-order valence-electron chi connectivity index (χ3n) is 3.40. The molecule has 0 aliphatic heterocycles. The summed E-state index contributed by atoms with van der Waals surface area (Å²) >= 11 is 5.86. The van der Waals surface area contributed by atoms with E-state index in [-0.39, 0.29) is 22.1 Å². The standard InChI is InChI=1S/C17H14ClNO5/c1-10-3-5-13(11(2)7-10)16(20)9-24-17(21)14-8-12(19(22)23)4-6-15(14)18/h3-8H,9H2,1-2H3. The van der Waals surface area contributed by atoms with Crippen molar-refractivity contribution in [1.29, 1.82) is 0 Å². The summed E-state index contributed by atoms with van der Waals surface area (Å²) in [6, 6.07) is 8.75. The van der Waals surface area contributed by atoms with E-state index in [9.17, 15) is 19.7 Å². The second kappa shape index (κ2) is 7.23. The number of non-ortho nitro benzene ring substituents is 1. The molecule has 0 aliphatic carbocycles. The van der Waals surface area contributed by atoms with Gasteiger partial charge in [0.25, 0.3) is 5.69 Å². The Morgan fingerprint density at radius 3 is 2.46 bits per heavy atom. The topological polar surface area (TPSA) is 86.5 Å². The predicted molar refractivity (Wildman–Crippen MR) is 88.6 cm³/mol. The average molecular weight is 348 g/mol. The van der Waals surface area contributed by atoms with Gasteiger partial charge in [-0.1, -0.05) is 35.4 Å². The highest BCUT2D eigenvalue weighted by molar-refractivity contribution is 6.33. The fourth-order valence-electron chi connectivity index (χ4n) is 2.20. The molecule has 124 valence electrons. The first-order chi connectivity index (χ1) is 11.3. The van der Waals surface area contributed by atoms with Gasteiger partial charge in [-0.05, 0) is 25.5 Å². The predicted octanol–water partition coefficient (Wildman–Crippen LogP) is 3.90. The van der Waals surface area contributed by atoms with Crippen molar-refractivity contribution >= 4 is 29.0 Å². The molecule has 0 fully saturated rings. The van der Waals surface area contributed by atoms with Gasteiger partial charge in [0.1, 0.15) is 0 Å². The highest BCUT2D eigenvalue weighted by Gasteiger charge is 2.19. The van der Waals surface area contributed by atoms with Gasteiger partial charge in [-0.15, -0.1) is 0 Å². The number of ether oxygens (including phenoxy) is 1. The summed E-state index contributed by atoms with van der Waals surface area (Å²) in [6.45, 7) is 3.23. The van der Waals surface area contributed by atoms with Crippen LogP contribution in [0.25, 0.3) is 0 Å². The Labute approximate surface area is 143 Å². The van der Waals surface area contributed by atoms with Crippen molar-refractivity contribution in [2.75, 3.05) is 6.61 Å². The van der Waals surface area contributed by atoms with Crippen molar-refractivity contribution in [2.24, 2.45) is 0 Å². The van der Waals surface area contributed by atoms with Gasteiger partial charge >= 0.3 is 5.97 Å². The molecule has 0 atom stereocenters. The summed E-state index contributed by atoms with van der Waals surface area (Å²) in [5.41, 5.74) is 1.82. The van der Waals surface area contributed by atoms with Gasteiger partial charge in [0, 0.05) is 17.7 Å². The van der Waals surface area contributed by atoms with E-state index in [2.05, 4.69) is 0 Å². The summed E-state index contributed by atoms with van der Waals surface area (Å²) in [4.78, 5) is 34.3. The Morgan fingerprint density at radius 1 is 1.12 bits per heavy atom. The molecule has 24 heavy (non-hydrogen) atoms. The maximum atomic E-state index is 12.2. The van der Waals surface area contributed by atoms with Gasteiger partial charge in [-0.3, -0.25) is 14.9 Å². The van der Waals surface area contributed by atoms with E-state index < -0.39 is 17.5 Å². The minimum Gasteiger partial charge on any atom is -0.454 e. The molecule has 7 heteroatoms. The van der Waals surface area contributed by atoms with E-state index in [4.69, 9.17) is 16.3 Å². The van der Waals surface area contributed by atoms with Crippen LogP contribution in [0.1, 0.15) is 31.8 Å². The smallest absolute Gasteiger partial charge is 0.340 e. The van der Waals surface area contributed by atoms with E-state index >= 15 is 0 Å². The van der Waals surface area contributed by atoms with Gasteiger partial charge in [-0.2, -0.15) is 0 Å². The minimum absolute atomic E-state index is 0.0181. The number of nitrogens with zero attached hydrogens (tertiary/aromatic N) is 1. The first-order valence-corrected chi connectivity index (χ1v) is 7.39. The van der Waals surface area contributed by atoms with Crippen LogP contribution in [-0.2, 0) is 4.74 Å². The molecule has 0 saturated carbocycles. The molecule has 0 aliphatic rings. The number of halogens is 1. The molecular weight excluding hydrogens is 334 g/mol. The number of esters is 1. The third-order valence-corrected chi connectivity index (χ3v) is 3.73. The highest BCUT2D eigenvalue weighted by atomic mass is 35.5. The molecule has 0 spiro atoms. The molecule has 0 unspecified atom stereocenters. The fourth-order valence-corrected chi connectivity index (χ4v) is 2.39. The van der Waals surface area contributed by atoms with Crippen LogP contribution in [0.3, 0.4) is 0 Å². The molecule has 2 rings (SSSR count). The number of benzene rings is 2. The molecule has 0 saturated heterocycles. The average Bonchev–Trinajstić information content (AvgIpc) is 2.52. The van der Waals surface area contributed by atoms with E-state index in [0.717, 1.165) is 17.2 Å². The molecular formula is C17H14ClNO5. The number of hydrogen-bond donors (Lipinski definition) is 0. The lowest BCUT2D eigenvalue weighted by Gasteiger charge is -2.08. The number of nitro groups is 1. The minimum atomic E-state index is -0.887. The van der Waals surface area contributed by atoms with E-state index in [1.807, 2.05) is 13.0 Å². The molecule has 6 nitrogen and oxygen atoms in total. The summed E-state index contributed by atoms with van der Waals surface area (Å²) in [7, 11) is 0.